The van der Waals surface area contributed by atoms with Gasteiger partial charge < -0.3 is 10.6 Å². The summed E-state index contributed by atoms with van der Waals surface area (Å²) in [5, 5.41) is 0. The molecule has 0 radical (unpaired) electrons. The Kier molecular flexibility index (Phi) is 3.60. The minimum absolute atomic E-state index is 0.247. The number of hydrogen-bond donors (Lipinski definition) is 1. The van der Waals surface area contributed by atoms with Crippen LogP contribution >= 0.6 is 15.9 Å². The lowest BCUT2D eigenvalue weighted by Gasteiger charge is -2.28. The van der Waals surface area contributed by atoms with Crippen LogP contribution in [0.1, 0.15) is 20.8 Å². The normalized spacial score (nSPS) is 11.5. The monoisotopic (exact) mass is 271 g/mol. The summed E-state index contributed by atoms with van der Waals surface area (Å²) in [6.45, 7) is 7.56. The first kappa shape index (κ1) is 12.3. The SMILES string of the molecule is CN(CC(C)(C)C)c1ncc(N)cc1Br. The molecular weight excluding hydrogens is 254 g/mol. The van der Waals surface area contributed by atoms with E-state index in [1.807, 2.05) is 13.1 Å². The first-order valence-corrected chi connectivity index (χ1v) is 5.71. The molecule has 0 unspecified atom stereocenters. The highest BCUT2D eigenvalue weighted by Crippen LogP contribution is 2.27. The number of nitrogens with zero attached hydrogens (tertiary/aromatic N) is 2. The van der Waals surface area contributed by atoms with Gasteiger partial charge in [-0.3, -0.25) is 0 Å². The molecule has 0 aromatic carbocycles. The van der Waals surface area contributed by atoms with Gasteiger partial charge in [-0.05, 0) is 27.4 Å². The number of rotatable bonds is 2. The van der Waals surface area contributed by atoms with Crippen molar-refractivity contribution in [3.8, 4) is 0 Å². The van der Waals surface area contributed by atoms with Crippen molar-refractivity contribution < 1.29 is 0 Å². The van der Waals surface area contributed by atoms with Gasteiger partial charge in [-0.1, -0.05) is 20.8 Å². The molecule has 0 aliphatic carbocycles. The minimum atomic E-state index is 0.247. The molecular formula is C11H18BrN3. The molecule has 84 valence electrons. The van der Waals surface area contributed by atoms with Gasteiger partial charge in [0.15, 0.2) is 0 Å². The maximum atomic E-state index is 5.64. The van der Waals surface area contributed by atoms with E-state index in [2.05, 4.69) is 46.6 Å². The van der Waals surface area contributed by atoms with Gasteiger partial charge in [0.2, 0.25) is 0 Å². The Labute approximate surface area is 99.8 Å². The van der Waals surface area contributed by atoms with Crippen LogP contribution in [-0.4, -0.2) is 18.6 Å². The summed E-state index contributed by atoms with van der Waals surface area (Å²) in [4.78, 5) is 6.44. The maximum Gasteiger partial charge on any atom is 0.142 e. The van der Waals surface area contributed by atoms with E-state index in [1.165, 1.54) is 0 Å². The van der Waals surface area contributed by atoms with E-state index in [1.54, 1.807) is 6.20 Å². The van der Waals surface area contributed by atoms with Crippen molar-refractivity contribution in [1.82, 2.24) is 4.98 Å². The molecule has 0 saturated carbocycles. The highest BCUT2D eigenvalue weighted by Gasteiger charge is 2.16. The molecule has 1 rings (SSSR count). The van der Waals surface area contributed by atoms with Crippen molar-refractivity contribution in [2.24, 2.45) is 5.41 Å². The van der Waals surface area contributed by atoms with Gasteiger partial charge in [-0.25, -0.2) is 4.98 Å². The van der Waals surface area contributed by atoms with Crippen LogP contribution in [0.15, 0.2) is 16.7 Å². The van der Waals surface area contributed by atoms with Crippen LogP contribution < -0.4 is 10.6 Å². The molecule has 1 heterocycles. The number of anilines is 2. The zero-order valence-electron chi connectivity index (χ0n) is 9.71. The molecule has 15 heavy (non-hydrogen) atoms. The molecule has 0 fully saturated rings. The standard InChI is InChI=1S/C11H18BrN3/c1-11(2,3)7-15(4)10-9(12)5-8(13)6-14-10/h5-6H,7,13H2,1-4H3. The lowest BCUT2D eigenvalue weighted by atomic mass is 9.96. The topological polar surface area (TPSA) is 42.2 Å². The van der Waals surface area contributed by atoms with Gasteiger partial charge in [0, 0.05) is 13.6 Å². The van der Waals surface area contributed by atoms with Crippen LogP contribution in [0.5, 0.6) is 0 Å². The van der Waals surface area contributed by atoms with E-state index in [4.69, 9.17) is 5.73 Å². The van der Waals surface area contributed by atoms with Crippen molar-refractivity contribution in [2.45, 2.75) is 20.8 Å². The average molecular weight is 272 g/mol. The van der Waals surface area contributed by atoms with Crippen molar-refractivity contribution in [2.75, 3.05) is 24.2 Å². The first-order valence-electron chi connectivity index (χ1n) is 4.92. The average Bonchev–Trinajstić information content (AvgIpc) is 1.99. The molecule has 0 amide bonds. The van der Waals surface area contributed by atoms with E-state index in [0.717, 1.165) is 16.8 Å². The highest BCUT2D eigenvalue weighted by atomic mass is 79.9. The second-order valence-electron chi connectivity index (χ2n) is 4.99. The fraction of sp³-hybridized carbons (Fsp3) is 0.545. The van der Waals surface area contributed by atoms with Crippen molar-refractivity contribution in [1.29, 1.82) is 0 Å². The molecule has 0 aliphatic heterocycles. The van der Waals surface area contributed by atoms with Crippen molar-refractivity contribution in [3.63, 3.8) is 0 Å². The predicted octanol–water partition coefficient (Wildman–Crippen LogP) is 2.91. The maximum absolute atomic E-state index is 5.64. The zero-order chi connectivity index (χ0) is 11.6. The first-order chi connectivity index (χ1) is 6.79. The fourth-order valence-electron chi connectivity index (χ4n) is 1.51. The van der Waals surface area contributed by atoms with Gasteiger partial charge >= 0.3 is 0 Å². The number of hydrogen-bond acceptors (Lipinski definition) is 3. The molecule has 2 N–H and O–H groups in total. The summed E-state index contributed by atoms with van der Waals surface area (Å²) < 4.78 is 0.939. The Bertz CT molecular complexity index is 344. The smallest absolute Gasteiger partial charge is 0.142 e. The van der Waals surface area contributed by atoms with E-state index in [9.17, 15) is 0 Å². The van der Waals surface area contributed by atoms with Crippen LogP contribution in [0.2, 0.25) is 0 Å². The summed E-state index contributed by atoms with van der Waals surface area (Å²) in [5.74, 6) is 0.930. The molecule has 4 heteroatoms. The lowest BCUT2D eigenvalue weighted by molar-refractivity contribution is 0.417. The molecule has 1 aromatic rings. The highest BCUT2D eigenvalue weighted by molar-refractivity contribution is 9.10. The molecule has 0 spiro atoms. The number of nitrogens with two attached hydrogens (primary N) is 1. The third-order valence-corrected chi connectivity index (χ3v) is 2.50. The Morgan fingerprint density at radius 3 is 2.53 bits per heavy atom. The molecule has 0 atom stereocenters. The minimum Gasteiger partial charge on any atom is -0.397 e. The molecule has 3 nitrogen and oxygen atoms in total. The second-order valence-corrected chi connectivity index (χ2v) is 5.85. The van der Waals surface area contributed by atoms with Crippen LogP contribution in [0.25, 0.3) is 0 Å². The molecule has 0 bridgehead atoms. The second kappa shape index (κ2) is 4.39. The number of pyridine rings is 1. The number of halogens is 1. The summed E-state index contributed by atoms with van der Waals surface area (Å²) in [5.41, 5.74) is 6.57. The quantitative estimate of drug-likeness (QED) is 0.900. The van der Waals surface area contributed by atoms with E-state index in [0.29, 0.717) is 5.69 Å². The number of nitrogen functional groups attached to an aromatic ring is 1. The fourth-order valence-corrected chi connectivity index (χ4v) is 2.18. The third kappa shape index (κ3) is 3.70. The Morgan fingerprint density at radius 1 is 1.47 bits per heavy atom. The van der Waals surface area contributed by atoms with E-state index >= 15 is 0 Å². The lowest BCUT2D eigenvalue weighted by Crippen LogP contribution is -2.29. The van der Waals surface area contributed by atoms with Gasteiger partial charge in [-0.15, -0.1) is 0 Å². The van der Waals surface area contributed by atoms with Gasteiger partial charge in [-0.2, -0.15) is 0 Å². The van der Waals surface area contributed by atoms with E-state index in [-0.39, 0.29) is 5.41 Å². The predicted molar refractivity (Wildman–Crippen MR) is 69.1 cm³/mol. The largest absolute Gasteiger partial charge is 0.397 e. The Balaban J connectivity index is 2.87. The van der Waals surface area contributed by atoms with Gasteiger partial charge in [0.1, 0.15) is 5.82 Å². The molecule has 1 aromatic heterocycles. The summed E-state index contributed by atoms with van der Waals surface area (Å²) in [6, 6.07) is 1.88. The Hall–Kier alpha value is -0.770. The van der Waals surface area contributed by atoms with Crippen LogP contribution in [0.4, 0.5) is 11.5 Å². The van der Waals surface area contributed by atoms with Gasteiger partial charge in [0.05, 0.1) is 16.4 Å². The summed E-state index contributed by atoms with van der Waals surface area (Å²) in [7, 11) is 2.04. The van der Waals surface area contributed by atoms with Crippen molar-refractivity contribution in [3.05, 3.63) is 16.7 Å². The Morgan fingerprint density at radius 2 is 2.07 bits per heavy atom. The van der Waals surface area contributed by atoms with Crippen LogP contribution in [0, 0.1) is 5.41 Å². The third-order valence-electron chi connectivity index (χ3n) is 1.92. The van der Waals surface area contributed by atoms with Crippen molar-refractivity contribution >= 4 is 27.4 Å². The van der Waals surface area contributed by atoms with E-state index < -0.39 is 0 Å². The number of aromatic nitrogens is 1. The van der Waals surface area contributed by atoms with Crippen LogP contribution in [0.3, 0.4) is 0 Å². The molecule has 0 saturated heterocycles. The summed E-state index contributed by atoms with van der Waals surface area (Å²) in [6.07, 6.45) is 1.68. The zero-order valence-corrected chi connectivity index (χ0v) is 11.3. The summed E-state index contributed by atoms with van der Waals surface area (Å²) >= 11 is 3.47. The molecule has 0 aliphatic rings. The van der Waals surface area contributed by atoms with Gasteiger partial charge in [0.25, 0.3) is 0 Å². The van der Waals surface area contributed by atoms with Crippen LogP contribution in [-0.2, 0) is 0 Å².